The topological polar surface area (TPSA) is 82.2 Å². The highest BCUT2D eigenvalue weighted by molar-refractivity contribution is 6.30. The summed E-state index contributed by atoms with van der Waals surface area (Å²) in [5.41, 5.74) is 1.09. The number of aryl methyl sites for hydroxylation is 1. The minimum absolute atomic E-state index is 0.164. The molecule has 0 aliphatic carbocycles. The normalized spacial score (nSPS) is 10.5. The van der Waals surface area contributed by atoms with Gasteiger partial charge in [-0.15, -0.1) is 0 Å². The zero-order valence-corrected chi connectivity index (χ0v) is 14.4. The molecule has 0 amide bonds. The van der Waals surface area contributed by atoms with Crippen molar-refractivity contribution in [2.24, 2.45) is 7.05 Å². The van der Waals surface area contributed by atoms with Crippen LogP contribution >= 0.6 is 11.6 Å². The van der Waals surface area contributed by atoms with Crippen LogP contribution in [0.15, 0.2) is 60.8 Å². The fourth-order valence-corrected chi connectivity index (χ4v) is 2.72. The van der Waals surface area contributed by atoms with E-state index in [2.05, 4.69) is 0 Å². The number of hydrogen-bond donors (Lipinski definition) is 0. The van der Waals surface area contributed by atoms with Crippen LogP contribution in [0, 0.1) is 10.1 Å². The van der Waals surface area contributed by atoms with Crippen molar-refractivity contribution in [1.29, 1.82) is 0 Å². The van der Waals surface area contributed by atoms with Crippen LogP contribution in [-0.2, 0) is 7.05 Å². The molecule has 3 rings (SSSR count). The number of nitro benzene ring substituents is 1. The van der Waals surface area contributed by atoms with E-state index in [1.807, 2.05) is 0 Å². The molecule has 0 atom stereocenters. The summed E-state index contributed by atoms with van der Waals surface area (Å²) < 4.78 is 1.53. The van der Waals surface area contributed by atoms with Gasteiger partial charge in [0.05, 0.1) is 10.6 Å². The lowest BCUT2D eigenvalue weighted by Gasteiger charge is -2.02. The molecule has 1 heterocycles. The van der Waals surface area contributed by atoms with Gasteiger partial charge in [-0.25, -0.2) is 0 Å². The molecule has 3 aromatic rings. The van der Waals surface area contributed by atoms with Crippen LogP contribution in [0.5, 0.6) is 0 Å². The maximum Gasteiger partial charge on any atom is 0.270 e. The SMILES string of the molecule is Cn1cc(C(=O)c2ccc(Cl)cc2)cc1C(=O)c1cccc([N+](=O)[O-])c1. The lowest BCUT2D eigenvalue weighted by atomic mass is 10.0. The minimum atomic E-state index is -0.558. The van der Waals surface area contributed by atoms with Crippen LogP contribution in [-0.4, -0.2) is 21.1 Å². The number of rotatable bonds is 5. The third-order valence-electron chi connectivity index (χ3n) is 3.93. The Balaban J connectivity index is 1.94. The van der Waals surface area contributed by atoms with Crippen molar-refractivity contribution in [2.75, 3.05) is 0 Å². The number of non-ortho nitro benzene ring substituents is 1. The molecule has 7 heteroatoms. The first-order valence-corrected chi connectivity index (χ1v) is 8.00. The second kappa shape index (κ2) is 6.93. The zero-order valence-electron chi connectivity index (χ0n) is 13.7. The van der Waals surface area contributed by atoms with Gasteiger partial charge in [-0.3, -0.25) is 19.7 Å². The third kappa shape index (κ3) is 3.41. The van der Waals surface area contributed by atoms with E-state index in [0.29, 0.717) is 16.1 Å². The first kappa shape index (κ1) is 17.6. The second-order valence-corrected chi connectivity index (χ2v) is 6.13. The van der Waals surface area contributed by atoms with Gasteiger partial charge in [-0.1, -0.05) is 23.7 Å². The van der Waals surface area contributed by atoms with Crippen LogP contribution in [0.25, 0.3) is 0 Å². The highest BCUT2D eigenvalue weighted by atomic mass is 35.5. The molecular formula is C19H13ClN2O4. The van der Waals surface area contributed by atoms with Gasteiger partial charge in [0.25, 0.3) is 5.69 Å². The molecule has 1 aromatic heterocycles. The van der Waals surface area contributed by atoms with Gasteiger partial charge in [-0.05, 0) is 30.3 Å². The molecule has 0 saturated heterocycles. The number of carbonyl (C=O) groups is 2. The molecule has 0 aliphatic heterocycles. The Morgan fingerprint density at radius 3 is 2.31 bits per heavy atom. The predicted molar refractivity (Wildman–Crippen MR) is 96.8 cm³/mol. The van der Waals surface area contributed by atoms with Crippen molar-refractivity contribution in [1.82, 2.24) is 4.57 Å². The van der Waals surface area contributed by atoms with Crippen LogP contribution in [0.3, 0.4) is 0 Å². The second-order valence-electron chi connectivity index (χ2n) is 5.70. The van der Waals surface area contributed by atoms with Gasteiger partial charge in [0, 0.05) is 47.1 Å². The summed E-state index contributed by atoms with van der Waals surface area (Å²) in [5, 5.41) is 11.4. The lowest BCUT2D eigenvalue weighted by Crippen LogP contribution is -2.07. The largest absolute Gasteiger partial charge is 0.347 e. The van der Waals surface area contributed by atoms with Crippen molar-refractivity contribution in [2.45, 2.75) is 0 Å². The highest BCUT2D eigenvalue weighted by Crippen LogP contribution is 2.20. The fourth-order valence-electron chi connectivity index (χ4n) is 2.59. The molecule has 6 nitrogen and oxygen atoms in total. The van der Waals surface area contributed by atoms with E-state index in [0.717, 1.165) is 0 Å². The molecule has 0 aliphatic rings. The molecule has 26 heavy (non-hydrogen) atoms. The van der Waals surface area contributed by atoms with E-state index in [1.165, 1.54) is 34.9 Å². The molecule has 0 spiro atoms. The lowest BCUT2D eigenvalue weighted by molar-refractivity contribution is -0.384. The molecule has 0 unspecified atom stereocenters. The van der Waals surface area contributed by atoms with Gasteiger partial charge in [0.15, 0.2) is 5.78 Å². The first-order chi connectivity index (χ1) is 12.4. The Bertz CT molecular complexity index is 1020. The Morgan fingerprint density at radius 2 is 1.65 bits per heavy atom. The van der Waals surface area contributed by atoms with Gasteiger partial charge < -0.3 is 4.57 Å². The van der Waals surface area contributed by atoms with Crippen LogP contribution < -0.4 is 0 Å². The number of aromatic nitrogens is 1. The molecule has 0 saturated carbocycles. The average molecular weight is 369 g/mol. The Morgan fingerprint density at radius 1 is 0.962 bits per heavy atom. The van der Waals surface area contributed by atoms with Gasteiger partial charge in [0.2, 0.25) is 5.78 Å². The number of benzene rings is 2. The molecule has 0 fully saturated rings. The van der Waals surface area contributed by atoms with E-state index >= 15 is 0 Å². The van der Waals surface area contributed by atoms with Crippen LogP contribution in [0.4, 0.5) is 5.69 Å². The van der Waals surface area contributed by atoms with Crippen LogP contribution in [0.1, 0.15) is 32.0 Å². The Labute approximate surface area is 153 Å². The number of halogens is 1. The van der Waals surface area contributed by atoms with Crippen molar-refractivity contribution in [3.8, 4) is 0 Å². The van der Waals surface area contributed by atoms with E-state index in [4.69, 9.17) is 11.6 Å². The molecule has 2 aromatic carbocycles. The maximum absolute atomic E-state index is 12.7. The van der Waals surface area contributed by atoms with E-state index < -0.39 is 10.7 Å². The summed E-state index contributed by atoms with van der Waals surface area (Å²) >= 11 is 5.83. The predicted octanol–water partition coefficient (Wildman–Crippen LogP) is 4.05. The molecule has 0 radical (unpaired) electrons. The van der Waals surface area contributed by atoms with E-state index in [1.54, 1.807) is 37.5 Å². The average Bonchev–Trinajstić information content (AvgIpc) is 3.03. The number of carbonyl (C=O) groups excluding carboxylic acids is 2. The smallest absolute Gasteiger partial charge is 0.270 e. The Hall–Kier alpha value is -3.25. The van der Waals surface area contributed by atoms with Crippen molar-refractivity contribution >= 4 is 28.9 Å². The monoisotopic (exact) mass is 368 g/mol. The molecule has 0 N–H and O–H groups in total. The summed E-state index contributed by atoms with van der Waals surface area (Å²) in [6, 6.07) is 13.4. The van der Waals surface area contributed by atoms with Crippen molar-refractivity contribution in [3.63, 3.8) is 0 Å². The summed E-state index contributed by atoms with van der Waals surface area (Å²) in [7, 11) is 1.64. The summed E-state index contributed by atoms with van der Waals surface area (Å²) in [4.78, 5) is 35.6. The van der Waals surface area contributed by atoms with Crippen LogP contribution in [0.2, 0.25) is 5.02 Å². The summed E-state index contributed by atoms with van der Waals surface area (Å²) in [6.45, 7) is 0. The number of hydrogen-bond acceptors (Lipinski definition) is 4. The minimum Gasteiger partial charge on any atom is -0.347 e. The van der Waals surface area contributed by atoms with Gasteiger partial charge >= 0.3 is 0 Å². The zero-order chi connectivity index (χ0) is 18.8. The van der Waals surface area contributed by atoms with Crippen molar-refractivity contribution < 1.29 is 14.5 Å². The summed E-state index contributed by atoms with van der Waals surface area (Å²) in [6.07, 6.45) is 1.56. The first-order valence-electron chi connectivity index (χ1n) is 7.62. The van der Waals surface area contributed by atoms with E-state index in [9.17, 15) is 19.7 Å². The van der Waals surface area contributed by atoms with Gasteiger partial charge in [0.1, 0.15) is 0 Å². The maximum atomic E-state index is 12.7. The quantitative estimate of drug-likeness (QED) is 0.386. The number of ketones is 2. The Kier molecular flexibility index (Phi) is 4.69. The van der Waals surface area contributed by atoms with E-state index in [-0.39, 0.29) is 22.7 Å². The summed E-state index contributed by atoms with van der Waals surface area (Å²) in [5.74, 6) is -0.637. The molecular weight excluding hydrogens is 356 g/mol. The number of nitro groups is 1. The van der Waals surface area contributed by atoms with Gasteiger partial charge in [-0.2, -0.15) is 0 Å². The number of nitrogens with zero attached hydrogens (tertiary/aromatic N) is 2. The standard InChI is InChI=1S/C19H13ClN2O4/c1-21-11-14(18(23)12-5-7-15(20)8-6-12)10-17(21)19(24)13-3-2-4-16(9-13)22(25)26/h2-11H,1H3. The van der Waals surface area contributed by atoms with Crippen molar-refractivity contribution in [3.05, 3.63) is 98.3 Å². The molecule has 130 valence electrons. The molecule has 0 bridgehead atoms. The third-order valence-corrected chi connectivity index (χ3v) is 4.18. The fraction of sp³-hybridized carbons (Fsp3) is 0.0526. The highest BCUT2D eigenvalue weighted by Gasteiger charge is 2.19.